The number of esters is 1. The number of hydrogen-bond acceptors (Lipinski definition) is 5. The van der Waals surface area contributed by atoms with Gasteiger partial charge in [-0.15, -0.1) is 0 Å². The zero-order valence-corrected chi connectivity index (χ0v) is 19.8. The average Bonchev–Trinajstić information content (AvgIpc) is 2.95. The zero-order chi connectivity index (χ0) is 24.3. The average molecular weight is 495 g/mol. The number of rotatable bonds is 6. The smallest absolute Gasteiger partial charge is 0.347 e. The van der Waals surface area contributed by atoms with Gasteiger partial charge in [0, 0.05) is 21.4 Å². The van der Waals surface area contributed by atoms with Crippen molar-refractivity contribution in [3.63, 3.8) is 0 Å². The first-order valence-electron chi connectivity index (χ1n) is 10.1. The highest BCUT2D eigenvalue weighted by Gasteiger charge is 2.56. The molecule has 1 heterocycles. The molecule has 0 spiro atoms. The van der Waals surface area contributed by atoms with Crippen LogP contribution in [0, 0.1) is 0 Å². The summed E-state index contributed by atoms with van der Waals surface area (Å²) in [6, 6.07) is 11.2. The van der Waals surface area contributed by atoms with Gasteiger partial charge in [0.2, 0.25) is 0 Å². The maximum absolute atomic E-state index is 13.4. The second-order valence-corrected chi connectivity index (χ2v) is 8.70. The van der Waals surface area contributed by atoms with E-state index in [1.54, 1.807) is 69.3 Å². The molecule has 11 heteroatoms. The third kappa shape index (κ3) is 5.16. The van der Waals surface area contributed by atoms with Crippen LogP contribution in [0.3, 0.4) is 0 Å². The van der Waals surface area contributed by atoms with E-state index in [0.717, 1.165) is 0 Å². The predicted molar refractivity (Wildman–Crippen MR) is 125 cm³/mol. The molecular weight excluding hydrogens is 471 g/mol. The molecule has 4 amide bonds. The van der Waals surface area contributed by atoms with E-state index in [-0.39, 0.29) is 13.2 Å². The minimum Gasteiger partial charge on any atom is -0.465 e. The fraction of sp³-hybridized carbons (Fsp3) is 0.318. The Bertz CT molecular complexity index is 1030. The van der Waals surface area contributed by atoms with Crippen molar-refractivity contribution in [3.8, 4) is 0 Å². The molecule has 1 aliphatic heterocycles. The maximum atomic E-state index is 13.4. The van der Waals surface area contributed by atoms with Crippen LogP contribution < -0.4 is 10.2 Å². The summed E-state index contributed by atoms with van der Waals surface area (Å²) < 4.78 is 5.00. The molecule has 9 nitrogen and oxygen atoms in total. The van der Waals surface area contributed by atoms with Gasteiger partial charge in [-0.3, -0.25) is 14.9 Å². The van der Waals surface area contributed by atoms with Gasteiger partial charge in [-0.2, -0.15) is 5.06 Å². The summed E-state index contributed by atoms with van der Waals surface area (Å²) in [4.78, 5) is 41.0. The molecule has 3 rings (SSSR count). The van der Waals surface area contributed by atoms with Crippen molar-refractivity contribution in [1.29, 1.82) is 0 Å². The maximum Gasteiger partial charge on any atom is 0.347 e. The van der Waals surface area contributed by atoms with Gasteiger partial charge in [0.15, 0.2) is 6.17 Å². The van der Waals surface area contributed by atoms with Crippen molar-refractivity contribution in [2.45, 2.75) is 32.5 Å². The lowest BCUT2D eigenvalue weighted by Gasteiger charge is -2.38. The van der Waals surface area contributed by atoms with Gasteiger partial charge in [-0.25, -0.2) is 9.59 Å². The van der Waals surface area contributed by atoms with E-state index in [2.05, 4.69) is 5.32 Å². The molecule has 0 radical (unpaired) electrons. The largest absolute Gasteiger partial charge is 0.465 e. The first-order valence-corrected chi connectivity index (χ1v) is 10.9. The van der Waals surface area contributed by atoms with E-state index in [9.17, 15) is 19.6 Å². The number of urea groups is 2. The number of carbonyl (C=O) groups excluding carboxylic acids is 3. The molecule has 0 aliphatic carbocycles. The zero-order valence-electron chi connectivity index (χ0n) is 18.3. The van der Waals surface area contributed by atoms with E-state index < -0.39 is 29.7 Å². The quantitative estimate of drug-likeness (QED) is 0.340. The molecule has 2 aromatic carbocycles. The van der Waals surface area contributed by atoms with Crippen LogP contribution in [-0.4, -0.2) is 58.1 Å². The Labute approximate surface area is 201 Å². The Kier molecular flexibility index (Phi) is 7.36. The van der Waals surface area contributed by atoms with Crippen LogP contribution in [0.1, 0.15) is 20.8 Å². The fourth-order valence-electron chi connectivity index (χ4n) is 3.63. The number of hydroxylamine groups is 2. The van der Waals surface area contributed by atoms with Crippen molar-refractivity contribution in [2.75, 3.05) is 23.4 Å². The summed E-state index contributed by atoms with van der Waals surface area (Å²) in [6.07, 6.45) is -1.19. The molecule has 0 bridgehead atoms. The van der Waals surface area contributed by atoms with Crippen LogP contribution in [0.2, 0.25) is 10.0 Å². The predicted octanol–water partition coefficient (Wildman–Crippen LogP) is 4.83. The van der Waals surface area contributed by atoms with Crippen LogP contribution in [0.4, 0.5) is 21.0 Å². The molecule has 176 valence electrons. The lowest BCUT2D eigenvalue weighted by molar-refractivity contribution is -0.145. The first-order chi connectivity index (χ1) is 15.6. The number of ether oxygens (including phenoxy) is 1. The number of nitrogens with zero attached hydrogens (tertiary/aromatic N) is 3. The lowest BCUT2D eigenvalue weighted by atomic mass is 10.00. The summed E-state index contributed by atoms with van der Waals surface area (Å²) in [5, 5.41) is 14.9. The molecule has 1 fully saturated rings. The van der Waals surface area contributed by atoms with Gasteiger partial charge in [-0.1, -0.05) is 23.2 Å². The van der Waals surface area contributed by atoms with Crippen molar-refractivity contribution in [3.05, 3.63) is 58.6 Å². The number of nitrogens with one attached hydrogen (secondary N) is 1. The number of carbonyl (C=O) groups is 3. The van der Waals surface area contributed by atoms with Crippen LogP contribution in [-0.2, 0) is 9.53 Å². The van der Waals surface area contributed by atoms with Gasteiger partial charge < -0.3 is 15.0 Å². The second kappa shape index (κ2) is 9.86. The SMILES string of the molecule is CCOC(=O)CN1C(=O)N(c2ccc(Cl)cc2)[C@H](N(O)C(=O)Nc2ccc(Cl)cc2)C1(C)C. The molecule has 0 saturated carbocycles. The minimum absolute atomic E-state index is 0.154. The Morgan fingerprint density at radius 2 is 1.64 bits per heavy atom. The van der Waals surface area contributed by atoms with Crippen molar-refractivity contribution >= 4 is 52.6 Å². The minimum atomic E-state index is -1.19. The van der Waals surface area contributed by atoms with E-state index >= 15 is 0 Å². The molecule has 1 saturated heterocycles. The topological polar surface area (TPSA) is 102 Å². The summed E-state index contributed by atoms with van der Waals surface area (Å²) >= 11 is 11.9. The van der Waals surface area contributed by atoms with Gasteiger partial charge in [0.25, 0.3) is 0 Å². The highest BCUT2D eigenvalue weighted by Crippen LogP contribution is 2.38. The Morgan fingerprint density at radius 1 is 1.09 bits per heavy atom. The molecule has 1 aliphatic rings. The summed E-state index contributed by atoms with van der Waals surface area (Å²) in [5.74, 6) is -0.606. The van der Waals surface area contributed by atoms with E-state index in [0.29, 0.717) is 26.5 Å². The van der Waals surface area contributed by atoms with Crippen LogP contribution in [0.5, 0.6) is 0 Å². The van der Waals surface area contributed by atoms with Crippen LogP contribution in [0.25, 0.3) is 0 Å². The molecule has 2 N–H and O–H groups in total. The monoisotopic (exact) mass is 494 g/mol. The Hall–Kier alpha value is -3.01. The number of hydrogen-bond donors (Lipinski definition) is 2. The van der Waals surface area contributed by atoms with E-state index in [4.69, 9.17) is 27.9 Å². The molecule has 33 heavy (non-hydrogen) atoms. The summed E-state index contributed by atoms with van der Waals surface area (Å²) in [7, 11) is 0. The molecule has 0 unspecified atom stereocenters. The molecular formula is C22H24Cl2N4O5. The third-order valence-corrected chi connectivity index (χ3v) is 5.75. The number of anilines is 2. The Morgan fingerprint density at radius 3 is 2.18 bits per heavy atom. The number of halogens is 2. The van der Waals surface area contributed by atoms with Gasteiger partial charge in [0.05, 0.1) is 12.1 Å². The van der Waals surface area contributed by atoms with Gasteiger partial charge in [-0.05, 0) is 69.3 Å². The van der Waals surface area contributed by atoms with Gasteiger partial charge >= 0.3 is 18.0 Å². The van der Waals surface area contributed by atoms with Crippen molar-refractivity contribution in [1.82, 2.24) is 9.96 Å². The second-order valence-electron chi connectivity index (χ2n) is 7.83. The van der Waals surface area contributed by atoms with Gasteiger partial charge in [0.1, 0.15) is 6.54 Å². The molecule has 2 aromatic rings. The van der Waals surface area contributed by atoms with Crippen LogP contribution >= 0.6 is 23.2 Å². The van der Waals surface area contributed by atoms with Crippen LogP contribution in [0.15, 0.2) is 48.5 Å². The molecule has 0 aromatic heterocycles. The Balaban J connectivity index is 1.96. The van der Waals surface area contributed by atoms with E-state index in [1.807, 2.05) is 0 Å². The van der Waals surface area contributed by atoms with Crippen molar-refractivity contribution < 1.29 is 24.3 Å². The highest BCUT2D eigenvalue weighted by molar-refractivity contribution is 6.31. The standard InChI is InChI=1S/C22H24Cl2N4O5/c1-4-33-18(29)13-26-21(31)27(17-11-7-15(24)8-12-17)19(22(26,2)3)28(32)20(30)25-16-9-5-14(23)6-10-16/h5-12,19,32H,4,13H2,1-3H3,(H,25,30)/t19-/m1/s1. The number of benzene rings is 2. The van der Waals surface area contributed by atoms with E-state index in [1.165, 1.54) is 9.80 Å². The highest BCUT2D eigenvalue weighted by atomic mass is 35.5. The molecule has 1 atom stereocenters. The fourth-order valence-corrected chi connectivity index (χ4v) is 3.88. The first kappa shape index (κ1) is 24.6. The third-order valence-electron chi connectivity index (χ3n) is 5.24. The summed E-state index contributed by atoms with van der Waals surface area (Å²) in [5.41, 5.74) is -0.408. The normalized spacial score (nSPS) is 17.2. The van der Waals surface area contributed by atoms with Crippen molar-refractivity contribution in [2.24, 2.45) is 0 Å². The number of amides is 4. The summed E-state index contributed by atoms with van der Waals surface area (Å²) in [6.45, 7) is 4.75. The lowest BCUT2D eigenvalue weighted by Crippen LogP contribution is -2.58.